The third-order valence-electron chi connectivity index (χ3n) is 5.57. The van der Waals surface area contributed by atoms with Gasteiger partial charge in [-0.2, -0.15) is 13.5 Å². The smallest absolute Gasteiger partial charge is 0.333 e. The van der Waals surface area contributed by atoms with Crippen LogP contribution in [0.5, 0.6) is 0 Å². The third kappa shape index (κ3) is 6.25. The number of benzene rings is 1. The van der Waals surface area contributed by atoms with E-state index in [1.54, 1.807) is 24.4 Å². The SMILES string of the molecule is NS(=O)(=O)OCC1CC(F)C(Nc2ncncc2C(=O)c2ccn(Cc3cccc(Br)c3F)n2)C1. The highest BCUT2D eigenvalue weighted by Gasteiger charge is 2.36. The molecule has 3 aromatic rings. The fourth-order valence-electron chi connectivity index (χ4n) is 3.90. The molecule has 3 N–H and O–H groups in total. The Morgan fingerprint density at radius 2 is 2.11 bits per heavy atom. The number of hydrogen-bond donors (Lipinski definition) is 2. The predicted molar refractivity (Wildman–Crippen MR) is 125 cm³/mol. The molecule has 10 nitrogen and oxygen atoms in total. The van der Waals surface area contributed by atoms with Crippen molar-refractivity contribution in [3.05, 3.63) is 70.1 Å². The minimum Gasteiger partial charge on any atom is -0.364 e. The van der Waals surface area contributed by atoms with Crippen molar-refractivity contribution in [2.75, 3.05) is 11.9 Å². The summed E-state index contributed by atoms with van der Waals surface area (Å²) in [6, 6.07) is 5.67. The Morgan fingerprint density at radius 1 is 1.31 bits per heavy atom. The highest BCUT2D eigenvalue weighted by molar-refractivity contribution is 9.10. The van der Waals surface area contributed by atoms with Crippen molar-refractivity contribution in [3.8, 4) is 0 Å². The summed E-state index contributed by atoms with van der Waals surface area (Å²) in [4.78, 5) is 21.1. The van der Waals surface area contributed by atoms with E-state index in [1.165, 1.54) is 23.3 Å². The average Bonchev–Trinajstić information content (AvgIpc) is 3.41. The number of nitrogens with zero attached hydrogens (tertiary/aromatic N) is 4. The van der Waals surface area contributed by atoms with Crippen LogP contribution in [0.25, 0.3) is 0 Å². The van der Waals surface area contributed by atoms with Gasteiger partial charge in [0.1, 0.15) is 29.8 Å². The van der Waals surface area contributed by atoms with Gasteiger partial charge in [-0.15, -0.1) is 0 Å². The number of carbonyl (C=O) groups excluding carboxylic acids is 1. The van der Waals surface area contributed by atoms with Gasteiger partial charge in [-0.25, -0.2) is 23.9 Å². The topological polar surface area (TPSA) is 142 Å². The summed E-state index contributed by atoms with van der Waals surface area (Å²) in [5.41, 5.74) is 0.562. The van der Waals surface area contributed by atoms with Gasteiger partial charge in [0.05, 0.1) is 29.2 Å². The summed E-state index contributed by atoms with van der Waals surface area (Å²) in [6.07, 6.45) is 3.07. The lowest BCUT2D eigenvalue weighted by Gasteiger charge is -2.17. The second kappa shape index (κ2) is 10.4. The number of rotatable bonds is 9. The first kappa shape index (κ1) is 25.3. The second-order valence-corrected chi connectivity index (χ2v) is 10.2. The van der Waals surface area contributed by atoms with Crippen LogP contribution in [0, 0.1) is 11.7 Å². The maximum Gasteiger partial charge on any atom is 0.333 e. The molecule has 0 bridgehead atoms. The molecular formula is C21H21BrF2N6O4S. The van der Waals surface area contributed by atoms with Crippen LogP contribution >= 0.6 is 15.9 Å². The standard InChI is InChI=1S/C21H21BrF2N6O4S/c22-15-3-1-2-13(19(15)24)9-30-5-4-17(29-30)20(31)14-8-26-11-27-21(14)28-18-7-12(6-16(18)23)10-34-35(25,32)33/h1-5,8,11-12,16,18H,6-7,9-10H2,(H2,25,32,33)(H,26,27,28). The Kier molecular flexibility index (Phi) is 7.54. The Morgan fingerprint density at radius 3 is 2.89 bits per heavy atom. The Bertz CT molecular complexity index is 1340. The lowest BCUT2D eigenvalue weighted by Crippen LogP contribution is -2.27. The van der Waals surface area contributed by atoms with E-state index in [0.29, 0.717) is 10.0 Å². The van der Waals surface area contributed by atoms with Gasteiger partial charge in [-0.05, 0) is 46.8 Å². The molecule has 14 heteroatoms. The number of halogens is 3. The van der Waals surface area contributed by atoms with Crippen LogP contribution in [0.3, 0.4) is 0 Å². The van der Waals surface area contributed by atoms with E-state index in [1.807, 2.05) is 0 Å². The Hall–Kier alpha value is -2.81. The van der Waals surface area contributed by atoms with Crippen LogP contribution in [0.1, 0.15) is 34.5 Å². The van der Waals surface area contributed by atoms with Crippen LogP contribution in [0.2, 0.25) is 0 Å². The van der Waals surface area contributed by atoms with E-state index in [4.69, 9.17) is 5.14 Å². The number of alkyl halides is 1. The first-order valence-electron chi connectivity index (χ1n) is 10.5. The number of anilines is 1. The zero-order chi connectivity index (χ0) is 25.2. The Balaban J connectivity index is 1.46. The van der Waals surface area contributed by atoms with E-state index < -0.39 is 34.1 Å². The van der Waals surface area contributed by atoms with E-state index in [9.17, 15) is 22.0 Å². The fraction of sp³-hybridized carbons (Fsp3) is 0.333. The predicted octanol–water partition coefficient (Wildman–Crippen LogP) is 2.60. The first-order valence-corrected chi connectivity index (χ1v) is 12.8. The van der Waals surface area contributed by atoms with E-state index >= 15 is 0 Å². The van der Waals surface area contributed by atoms with Crippen LogP contribution in [0.4, 0.5) is 14.6 Å². The molecule has 0 radical (unpaired) electrons. The molecule has 3 atom stereocenters. The number of nitrogens with two attached hydrogens (primary N) is 1. The monoisotopic (exact) mass is 570 g/mol. The number of aromatic nitrogens is 4. The maximum absolute atomic E-state index is 14.6. The molecule has 4 rings (SSSR count). The van der Waals surface area contributed by atoms with Gasteiger partial charge in [0.15, 0.2) is 0 Å². The van der Waals surface area contributed by atoms with Gasteiger partial charge in [-0.1, -0.05) is 12.1 Å². The van der Waals surface area contributed by atoms with Crippen LogP contribution in [-0.4, -0.2) is 52.8 Å². The first-order chi connectivity index (χ1) is 16.6. The van der Waals surface area contributed by atoms with Crippen molar-refractivity contribution in [1.82, 2.24) is 19.7 Å². The zero-order valence-corrected chi connectivity index (χ0v) is 20.5. The minimum atomic E-state index is -4.12. The summed E-state index contributed by atoms with van der Waals surface area (Å²) in [5, 5.41) is 12.0. The molecule has 186 valence electrons. The summed E-state index contributed by atoms with van der Waals surface area (Å²) in [6.45, 7) is -0.119. The van der Waals surface area contributed by atoms with Crippen molar-refractivity contribution in [2.24, 2.45) is 11.1 Å². The fourth-order valence-corrected chi connectivity index (χ4v) is 4.69. The van der Waals surface area contributed by atoms with Crippen molar-refractivity contribution < 1.29 is 26.2 Å². The van der Waals surface area contributed by atoms with E-state index in [0.717, 1.165) is 0 Å². The van der Waals surface area contributed by atoms with Crippen molar-refractivity contribution >= 4 is 37.8 Å². The molecule has 2 aromatic heterocycles. The summed E-state index contributed by atoms with van der Waals surface area (Å²) in [5.74, 6) is -1.16. The molecule has 0 spiro atoms. The molecule has 35 heavy (non-hydrogen) atoms. The normalized spacial score (nSPS) is 20.2. The van der Waals surface area contributed by atoms with Gasteiger partial charge in [0.2, 0.25) is 5.78 Å². The lowest BCUT2D eigenvalue weighted by molar-refractivity contribution is 0.103. The van der Waals surface area contributed by atoms with Gasteiger partial charge >= 0.3 is 10.3 Å². The summed E-state index contributed by atoms with van der Waals surface area (Å²) >= 11 is 3.14. The third-order valence-corrected chi connectivity index (χ3v) is 6.64. The number of hydrogen-bond acceptors (Lipinski definition) is 8. The maximum atomic E-state index is 14.6. The molecule has 2 heterocycles. The van der Waals surface area contributed by atoms with Gasteiger partial charge in [0, 0.05) is 18.0 Å². The van der Waals surface area contributed by atoms with Crippen molar-refractivity contribution in [1.29, 1.82) is 0 Å². The summed E-state index contributed by atoms with van der Waals surface area (Å²) in [7, 11) is -4.12. The summed E-state index contributed by atoms with van der Waals surface area (Å²) < 4.78 is 57.2. The quantitative estimate of drug-likeness (QED) is 0.374. The molecule has 0 saturated heterocycles. The molecular weight excluding hydrogens is 550 g/mol. The van der Waals surface area contributed by atoms with Crippen LogP contribution < -0.4 is 10.5 Å². The van der Waals surface area contributed by atoms with Crippen molar-refractivity contribution in [2.45, 2.75) is 31.6 Å². The lowest BCUT2D eigenvalue weighted by atomic mass is 10.1. The minimum absolute atomic E-state index is 0.0676. The van der Waals surface area contributed by atoms with Gasteiger partial charge < -0.3 is 5.32 Å². The zero-order valence-electron chi connectivity index (χ0n) is 18.1. The molecule has 0 amide bonds. The molecule has 1 fully saturated rings. The number of nitrogens with one attached hydrogen (secondary N) is 1. The van der Waals surface area contributed by atoms with Gasteiger partial charge in [-0.3, -0.25) is 13.7 Å². The molecule has 1 aliphatic carbocycles. The van der Waals surface area contributed by atoms with Crippen molar-refractivity contribution in [3.63, 3.8) is 0 Å². The highest BCUT2D eigenvalue weighted by Crippen LogP contribution is 2.32. The highest BCUT2D eigenvalue weighted by atomic mass is 79.9. The molecule has 1 saturated carbocycles. The molecule has 1 aliphatic rings. The van der Waals surface area contributed by atoms with Crippen LogP contribution in [-0.2, 0) is 21.0 Å². The largest absolute Gasteiger partial charge is 0.364 e. The van der Waals surface area contributed by atoms with Gasteiger partial charge in [0.25, 0.3) is 0 Å². The Labute approximate surface area is 208 Å². The molecule has 0 aliphatic heterocycles. The number of ketones is 1. The van der Waals surface area contributed by atoms with E-state index in [-0.39, 0.29) is 49.0 Å². The van der Waals surface area contributed by atoms with E-state index in [2.05, 4.69) is 40.5 Å². The number of carbonyl (C=O) groups is 1. The second-order valence-electron chi connectivity index (χ2n) is 8.11. The van der Waals surface area contributed by atoms with Crippen LogP contribution in [0.15, 0.2) is 47.5 Å². The average molecular weight is 571 g/mol. The molecule has 3 unspecified atom stereocenters. The molecule has 1 aromatic carbocycles.